The van der Waals surface area contributed by atoms with E-state index >= 15 is 0 Å². The van der Waals surface area contributed by atoms with Gasteiger partial charge in [-0.05, 0) is 207 Å². The second-order valence-corrected chi connectivity index (χ2v) is 43.8. The summed E-state index contributed by atoms with van der Waals surface area (Å²) in [7, 11) is 0. The molecule has 16 atom stereocenters. The minimum Gasteiger partial charge on any atom is -0.456 e. The molecule has 0 amide bonds. The lowest BCUT2D eigenvalue weighted by Gasteiger charge is -2.75. The summed E-state index contributed by atoms with van der Waals surface area (Å²) in [6, 6.07) is 0. The van der Waals surface area contributed by atoms with Crippen molar-refractivity contribution in [1.82, 2.24) is 0 Å². The molecule has 0 aromatic rings. The minimum atomic E-state index is -7.03. The Hall–Kier alpha value is -6.92. The monoisotopic (exact) mass is 2300 g/mol. The lowest BCUT2D eigenvalue weighted by atomic mass is 9.31. The molecule has 0 radical (unpaired) electrons. The van der Waals surface area contributed by atoms with E-state index in [4.69, 9.17) is 18.9 Å². The number of carbonyl (C=O) groups excluding carboxylic acids is 4. The van der Waals surface area contributed by atoms with Crippen LogP contribution in [0.3, 0.4) is 0 Å². The summed E-state index contributed by atoms with van der Waals surface area (Å²) >= 11 is 0. The molecule has 16 aliphatic carbocycles. The molecule has 16 unspecified atom stereocenters. The van der Waals surface area contributed by atoms with Crippen molar-refractivity contribution in [2.45, 2.75) is 373 Å². The molecule has 16 aliphatic rings. The maximum Gasteiger partial charge on any atom is 0.426 e. The lowest BCUT2D eigenvalue weighted by molar-refractivity contribution is -0.475. The molecule has 868 valence electrons. The maximum absolute atomic E-state index is 14.3. The van der Waals surface area contributed by atoms with E-state index < -0.39 is 414 Å². The van der Waals surface area contributed by atoms with E-state index in [2.05, 4.69) is 26.3 Å². The van der Waals surface area contributed by atoms with Crippen molar-refractivity contribution in [2.75, 3.05) is 0 Å². The van der Waals surface area contributed by atoms with Gasteiger partial charge in [0.15, 0.2) is 22.4 Å². The first-order valence-corrected chi connectivity index (χ1v) is 43.2. The molecule has 16 saturated carbocycles. The maximum atomic E-state index is 14.3. The molecule has 16 fully saturated rings. The number of aliphatic hydroxyl groups is 10. The van der Waals surface area contributed by atoms with E-state index in [0.717, 1.165) is 13.8 Å². The van der Waals surface area contributed by atoms with Crippen LogP contribution in [0.15, 0.2) is 49.6 Å². The third-order valence-electron chi connectivity index (χ3n) is 34.2. The molecule has 150 heavy (non-hydrogen) atoms. The molecule has 0 saturated heterocycles. The van der Waals surface area contributed by atoms with Gasteiger partial charge in [0.1, 0.15) is 22.4 Å². The fraction of sp³-hybridized carbons (Fsp3) is 0.857. The van der Waals surface area contributed by atoms with Gasteiger partial charge in [0.05, 0.1) is 0 Å². The highest BCUT2D eigenvalue weighted by molar-refractivity contribution is 5.88. The topological polar surface area (TPSA) is 308 Å². The molecule has 0 aliphatic heterocycles. The van der Waals surface area contributed by atoms with E-state index in [-0.39, 0.29) is 45.3 Å². The van der Waals surface area contributed by atoms with Gasteiger partial charge < -0.3 is 70.0 Å². The Morgan fingerprint density at radius 1 is 0.213 bits per heavy atom. The Balaban J connectivity index is 0.000000224. The zero-order chi connectivity index (χ0) is 118. The number of esters is 4. The summed E-state index contributed by atoms with van der Waals surface area (Å²) in [6.07, 6.45) is -140. The van der Waals surface area contributed by atoms with Gasteiger partial charge in [-0.1, -0.05) is 26.3 Å². The Bertz CT molecular complexity index is 5040. The highest BCUT2D eigenvalue weighted by Crippen LogP contribution is 2.88. The number of hydrogen-bond acceptors (Lipinski definition) is 18. The number of hydrogen-bond donors (Lipinski definition) is 10. The molecule has 0 aromatic heterocycles. The molecular weight excluding hydrogens is 2210 g/mol. The van der Waals surface area contributed by atoms with E-state index in [1.165, 1.54) is 0 Å². The summed E-state index contributed by atoms with van der Waals surface area (Å²) in [5.41, 5.74) is -103. The first-order chi connectivity index (χ1) is 65.4. The van der Waals surface area contributed by atoms with Crippen LogP contribution in [0.1, 0.15) is 196 Å². The van der Waals surface area contributed by atoms with E-state index in [9.17, 15) is 281 Å². The van der Waals surface area contributed by atoms with Gasteiger partial charge in [0.2, 0.25) is 0 Å². The zero-order valence-corrected chi connectivity index (χ0v) is 77.0. The van der Waals surface area contributed by atoms with Crippen LogP contribution in [0.25, 0.3) is 0 Å². The van der Waals surface area contributed by atoms with Gasteiger partial charge in [-0.2, -0.15) is 211 Å². The average Bonchev–Trinajstić information content (AvgIpc) is 0.637. The predicted molar refractivity (Wildman–Crippen MR) is 397 cm³/mol. The van der Waals surface area contributed by atoms with Crippen molar-refractivity contribution < 1.29 is 300 Å². The SMILES string of the molecule is C=C(C)C(=O)OC12CC3(C(C)(O)C(F)(F)F)CC(C(O)(C(F)(F)F)C(F)(F)F)(C1)CC(C(O)(C(F)(F)F)C(F)(F)F)(C2)C3.C=C(C)C(=O)OC12CC3CC(C(C)(O)C(F)(F)F)(C1)CC(C(O)(C(F)(F)F)C(F)(F)F)(C3)C2.C=CC(=O)OC12CC3(C(C)(O)C(F)(F)F)CC(C(O)(C(F)(F)F)C(F)(F)F)(C1)CC(C(O)(C(F)(F)F)C(F)(F)F)(C2)C3.C=CC(=O)OC12CC3CC(C(C)(O)C(F)(F)F)(C1)CC(C(O)(C(F)(F)F)C(F)(F)F)(C3)C2. The predicted octanol–water partition coefficient (Wildman–Crippen LogP) is 21.6. The lowest BCUT2D eigenvalue weighted by Crippen LogP contribution is -2.84. The summed E-state index contributed by atoms with van der Waals surface area (Å²) < 4.78 is 697. The molecule has 0 aromatic carbocycles. The van der Waals surface area contributed by atoms with Crippen LogP contribution >= 0.6 is 0 Å². The number of rotatable bonds is 18. The summed E-state index contributed by atoms with van der Waals surface area (Å²) in [5, 5.41) is 105. The summed E-state index contributed by atoms with van der Waals surface area (Å²) in [4.78, 5) is 48.6. The van der Waals surface area contributed by atoms with Gasteiger partial charge in [-0.3, -0.25) is 0 Å². The molecule has 18 nitrogen and oxygen atoms in total. The highest BCUT2D eigenvalue weighted by Gasteiger charge is 2.98. The molecule has 16 bridgehead atoms. The van der Waals surface area contributed by atoms with Crippen molar-refractivity contribution in [3.05, 3.63) is 49.6 Å². The van der Waals surface area contributed by atoms with Crippen molar-refractivity contribution >= 4 is 23.9 Å². The number of halogens is 48. The van der Waals surface area contributed by atoms with Crippen molar-refractivity contribution in [3.63, 3.8) is 0 Å². The van der Waals surface area contributed by atoms with Crippen LogP contribution in [-0.4, -0.2) is 252 Å². The normalized spacial score (nSPS) is 35.2. The quantitative estimate of drug-likeness (QED) is 0.0264. The number of carbonyl (C=O) groups is 4. The van der Waals surface area contributed by atoms with E-state index in [0.29, 0.717) is 13.0 Å². The Morgan fingerprint density at radius 3 is 0.547 bits per heavy atom. The van der Waals surface area contributed by atoms with Crippen molar-refractivity contribution in [3.8, 4) is 0 Å². The highest BCUT2D eigenvalue weighted by atomic mass is 19.5. The number of ether oxygens (including phenoxy) is 4. The smallest absolute Gasteiger partial charge is 0.426 e. The number of alkyl halides is 48. The molecule has 0 heterocycles. The fourth-order valence-electron chi connectivity index (χ4n) is 29.5. The van der Waals surface area contributed by atoms with Gasteiger partial charge in [-0.25, -0.2) is 19.2 Å². The molecular formula is C84H88F48O18. The second-order valence-electron chi connectivity index (χ2n) is 43.8. The first-order valence-electron chi connectivity index (χ1n) is 43.2. The van der Waals surface area contributed by atoms with Crippen molar-refractivity contribution in [1.29, 1.82) is 0 Å². The second kappa shape index (κ2) is 34.3. The third kappa shape index (κ3) is 17.6. The van der Waals surface area contributed by atoms with Gasteiger partial charge in [-0.15, -0.1) is 0 Å². The fourth-order valence-corrected chi connectivity index (χ4v) is 29.5. The van der Waals surface area contributed by atoms with Crippen molar-refractivity contribution in [2.24, 2.45) is 66.0 Å². The Kier molecular flexibility index (Phi) is 28.9. The Morgan fingerprint density at radius 2 is 0.353 bits per heavy atom. The van der Waals surface area contributed by atoms with Crippen LogP contribution in [-0.2, 0) is 38.1 Å². The van der Waals surface area contributed by atoms with Crippen LogP contribution < -0.4 is 0 Å². The van der Waals surface area contributed by atoms with Crippen LogP contribution in [0, 0.1) is 66.0 Å². The third-order valence-corrected chi connectivity index (χ3v) is 34.2. The van der Waals surface area contributed by atoms with E-state index in [1.54, 1.807) is 0 Å². The van der Waals surface area contributed by atoms with E-state index in [1.807, 2.05) is 0 Å². The largest absolute Gasteiger partial charge is 0.456 e. The molecule has 16 rings (SSSR count). The molecule has 10 N–H and O–H groups in total. The standard InChI is InChI=1S/C23H23F15O5.C22H21F15O5.C20H23F9O4.C19H21F9O4/c1-10(2)11(39)43-16-7-13(12(3,40)19(24,25)26)4-14(8-16,17(41,20(27,28)29)21(30,31)32)6-15(5-13,9-16)18(42,22(33,34)35)23(36,37)38;1-3-10(38)42-15-7-12(11(2,39)18(23,24)25)4-13(8-15,16(40,19(26,27)28)20(29,30)31)6-14(5-12,9-15)17(41,21(32,33)34)22(35,36)37;1-10(2)12(30)33-16-6-11-4-14(8-16,13(3,31)18(21,22)23)7-15(5-11,9-16)17(32,19(24,25)26)20(27,28)29;1-3-11(29)32-15-6-10-4-13(8-15,12(2,30)17(20,21)22)7-14(5-10,9-15)16(31,18(23,24)25)19(26,27)28/h40-42H,1,4-9H2,2-3H3;3,39-41H,1,4-9H2,2H3;11,31-32H,1,4-9H2,2-3H3;3,10,30-31H,1,4-9H2,2H3. The molecule has 0 spiro atoms. The van der Waals surface area contributed by atoms with Crippen LogP contribution in [0.4, 0.5) is 211 Å². The molecule has 66 heteroatoms. The van der Waals surface area contributed by atoms with Crippen LogP contribution in [0.5, 0.6) is 0 Å². The zero-order valence-electron chi connectivity index (χ0n) is 77.0. The van der Waals surface area contributed by atoms with Gasteiger partial charge in [0, 0.05) is 77.4 Å². The Labute approximate surface area is 810 Å². The average molecular weight is 2300 g/mol. The van der Waals surface area contributed by atoms with Gasteiger partial charge in [0.25, 0.3) is 33.6 Å². The minimum absolute atomic E-state index is 0.117. The van der Waals surface area contributed by atoms with Crippen LogP contribution in [0.2, 0.25) is 0 Å². The summed E-state index contributed by atoms with van der Waals surface area (Å²) in [6.45, 7) is 14.2. The summed E-state index contributed by atoms with van der Waals surface area (Å²) in [5.74, 6) is -8.59. The van der Waals surface area contributed by atoms with Gasteiger partial charge >= 0.3 is 123 Å². The first kappa shape index (κ1) is 127.